The number of ether oxygens (including phenoxy) is 2. The minimum absolute atomic E-state index is 0.128. The zero-order valence-corrected chi connectivity index (χ0v) is 18.0. The summed E-state index contributed by atoms with van der Waals surface area (Å²) in [5.41, 5.74) is 9.28. The normalized spacial score (nSPS) is 28.1. The van der Waals surface area contributed by atoms with Gasteiger partial charge in [0, 0.05) is 12.3 Å². The van der Waals surface area contributed by atoms with Crippen molar-refractivity contribution in [2.45, 2.75) is 55.4 Å². The van der Waals surface area contributed by atoms with Crippen LogP contribution >= 0.6 is 0 Å². The van der Waals surface area contributed by atoms with E-state index in [1.165, 1.54) is 0 Å². The maximum Gasteiger partial charge on any atom is 0.264 e. The number of nitrogens with zero attached hydrogens (tertiary/aromatic N) is 1. The zero-order chi connectivity index (χ0) is 20.9. The lowest BCUT2D eigenvalue weighted by Crippen LogP contribution is -2.56. The third kappa shape index (κ3) is 2.99. The highest BCUT2D eigenvalue weighted by molar-refractivity contribution is 7.92. The maximum atomic E-state index is 13.9. The molecule has 0 amide bonds. The Morgan fingerprint density at radius 1 is 1.03 bits per heavy atom. The minimum Gasteiger partial charge on any atom is -0.347 e. The Morgan fingerprint density at radius 2 is 1.73 bits per heavy atom. The molecule has 2 fully saturated rings. The lowest BCUT2D eigenvalue weighted by atomic mass is 9.76. The number of hydrogen-bond donors (Lipinski definition) is 1. The van der Waals surface area contributed by atoms with Crippen LogP contribution in [0.4, 0.5) is 5.69 Å². The van der Waals surface area contributed by atoms with Crippen LogP contribution in [-0.4, -0.2) is 33.5 Å². The second-order valence-corrected chi connectivity index (χ2v) is 10.4. The van der Waals surface area contributed by atoms with Gasteiger partial charge in [0.2, 0.25) is 0 Å². The van der Waals surface area contributed by atoms with Crippen molar-refractivity contribution >= 4 is 15.7 Å². The Kier molecular flexibility index (Phi) is 4.89. The van der Waals surface area contributed by atoms with E-state index < -0.39 is 27.9 Å². The number of para-hydroxylation sites is 1. The van der Waals surface area contributed by atoms with Gasteiger partial charge in [-0.05, 0) is 43.5 Å². The summed E-state index contributed by atoms with van der Waals surface area (Å²) in [7, 11) is -3.80. The first kappa shape index (κ1) is 20.0. The van der Waals surface area contributed by atoms with E-state index in [4.69, 9.17) is 15.2 Å². The molecular formula is C23H28N2O4S. The summed E-state index contributed by atoms with van der Waals surface area (Å²) in [6, 6.07) is 13.7. The number of anilines is 1. The van der Waals surface area contributed by atoms with Gasteiger partial charge in [0.15, 0.2) is 5.79 Å². The number of aryl methyl sites for hydroxylation is 1. The van der Waals surface area contributed by atoms with E-state index in [1.807, 2.05) is 43.3 Å². The third-order valence-electron chi connectivity index (χ3n) is 6.79. The van der Waals surface area contributed by atoms with Crippen LogP contribution in [0.15, 0.2) is 53.4 Å². The van der Waals surface area contributed by atoms with Gasteiger partial charge in [-0.2, -0.15) is 0 Å². The average Bonchev–Trinajstić information content (AvgIpc) is 3.32. The fourth-order valence-electron chi connectivity index (χ4n) is 5.39. The van der Waals surface area contributed by atoms with E-state index in [-0.39, 0.29) is 10.8 Å². The zero-order valence-electron chi connectivity index (χ0n) is 17.2. The van der Waals surface area contributed by atoms with Crippen molar-refractivity contribution in [3.05, 3.63) is 59.7 Å². The van der Waals surface area contributed by atoms with Crippen molar-refractivity contribution in [1.29, 1.82) is 0 Å². The Morgan fingerprint density at radius 3 is 2.47 bits per heavy atom. The van der Waals surface area contributed by atoms with Crippen LogP contribution in [-0.2, 0) is 19.5 Å². The molecule has 3 aliphatic rings. The molecular weight excluding hydrogens is 400 g/mol. The molecule has 7 heteroatoms. The van der Waals surface area contributed by atoms with E-state index in [2.05, 4.69) is 0 Å². The van der Waals surface area contributed by atoms with Crippen LogP contribution in [0.5, 0.6) is 0 Å². The van der Waals surface area contributed by atoms with Gasteiger partial charge in [-0.1, -0.05) is 42.3 Å². The Bertz CT molecular complexity index is 1030. The molecule has 1 spiro atoms. The highest BCUT2D eigenvalue weighted by atomic mass is 32.2. The molecule has 0 unspecified atom stereocenters. The Balaban J connectivity index is 1.65. The van der Waals surface area contributed by atoms with Crippen LogP contribution in [0.25, 0.3) is 0 Å². The van der Waals surface area contributed by atoms with Gasteiger partial charge in [0.1, 0.15) is 0 Å². The van der Waals surface area contributed by atoms with Crippen molar-refractivity contribution in [3.8, 4) is 0 Å². The molecule has 1 saturated carbocycles. The quantitative estimate of drug-likeness (QED) is 0.809. The van der Waals surface area contributed by atoms with Gasteiger partial charge >= 0.3 is 0 Å². The van der Waals surface area contributed by atoms with E-state index in [9.17, 15) is 8.42 Å². The molecule has 30 heavy (non-hydrogen) atoms. The first-order valence-electron chi connectivity index (χ1n) is 10.7. The SMILES string of the molecule is Cc1ccc(S(=O)(=O)N2c3ccccc3[C@@H](N)[C@@H]2[C@H]2CCCCC23OCCO3)cc1. The summed E-state index contributed by atoms with van der Waals surface area (Å²) in [5.74, 6) is -0.875. The molecule has 160 valence electrons. The number of nitrogens with two attached hydrogens (primary N) is 1. The molecule has 2 aromatic carbocycles. The van der Waals surface area contributed by atoms with Crippen LogP contribution in [0.1, 0.15) is 42.9 Å². The summed E-state index contributed by atoms with van der Waals surface area (Å²) in [5, 5.41) is 0. The summed E-state index contributed by atoms with van der Waals surface area (Å²) >= 11 is 0. The van der Waals surface area contributed by atoms with E-state index in [0.717, 1.165) is 36.8 Å². The van der Waals surface area contributed by atoms with Crippen LogP contribution in [0, 0.1) is 12.8 Å². The van der Waals surface area contributed by atoms with Crippen molar-refractivity contribution in [3.63, 3.8) is 0 Å². The van der Waals surface area contributed by atoms with Crippen LogP contribution in [0.2, 0.25) is 0 Å². The number of rotatable bonds is 3. The van der Waals surface area contributed by atoms with Gasteiger partial charge in [-0.3, -0.25) is 4.31 Å². The monoisotopic (exact) mass is 428 g/mol. The molecule has 2 heterocycles. The number of hydrogen-bond acceptors (Lipinski definition) is 5. The second kappa shape index (κ2) is 7.34. The molecule has 1 aliphatic carbocycles. The lowest BCUT2D eigenvalue weighted by Gasteiger charge is -2.45. The molecule has 1 saturated heterocycles. The first-order valence-corrected chi connectivity index (χ1v) is 12.1. The van der Waals surface area contributed by atoms with Gasteiger partial charge < -0.3 is 15.2 Å². The van der Waals surface area contributed by atoms with Gasteiger partial charge in [-0.25, -0.2) is 8.42 Å². The Hall–Kier alpha value is -1.93. The molecule has 0 bridgehead atoms. The fraction of sp³-hybridized carbons (Fsp3) is 0.478. The molecule has 2 N–H and O–H groups in total. The number of fused-ring (bicyclic) bond motifs is 1. The molecule has 5 rings (SSSR count). The molecule has 3 atom stereocenters. The van der Waals surface area contributed by atoms with Crippen molar-refractivity contribution in [2.75, 3.05) is 17.5 Å². The fourth-order valence-corrected chi connectivity index (χ4v) is 7.12. The predicted molar refractivity (Wildman–Crippen MR) is 115 cm³/mol. The van der Waals surface area contributed by atoms with Gasteiger partial charge in [0.05, 0.1) is 35.9 Å². The molecule has 0 radical (unpaired) electrons. The van der Waals surface area contributed by atoms with Gasteiger partial charge in [-0.15, -0.1) is 0 Å². The molecule has 0 aromatic heterocycles. The smallest absolute Gasteiger partial charge is 0.264 e. The average molecular weight is 429 g/mol. The summed E-state index contributed by atoms with van der Waals surface area (Å²) in [6.45, 7) is 3.02. The Labute approximate surface area is 178 Å². The number of sulfonamides is 1. The molecule has 6 nitrogen and oxygen atoms in total. The van der Waals surface area contributed by atoms with Crippen LogP contribution < -0.4 is 10.0 Å². The minimum atomic E-state index is -3.80. The van der Waals surface area contributed by atoms with Crippen LogP contribution in [0.3, 0.4) is 0 Å². The van der Waals surface area contributed by atoms with E-state index >= 15 is 0 Å². The maximum absolute atomic E-state index is 13.9. The predicted octanol–water partition coefficient (Wildman–Crippen LogP) is 3.51. The highest BCUT2D eigenvalue weighted by Gasteiger charge is 2.56. The van der Waals surface area contributed by atoms with Crippen molar-refractivity contribution in [2.24, 2.45) is 11.7 Å². The topological polar surface area (TPSA) is 81.9 Å². The van der Waals surface area contributed by atoms with Crippen molar-refractivity contribution < 1.29 is 17.9 Å². The molecule has 2 aliphatic heterocycles. The summed E-state index contributed by atoms with van der Waals surface area (Å²) in [6.07, 6.45) is 3.62. The first-order chi connectivity index (χ1) is 14.4. The second-order valence-electron chi connectivity index (χ2n) is 8.55. The van der Waals surface area contributed by atoms with Crippen molar-refractivity contribution in [1.82, 2.24) is 0 Å². The van der Waals surface area contributed by atoms with E-state index in [0.29, 0.717) is 18.9 Å². The largest absolute Gasteiger partial charge is 0.347 e. The third-order valence-corrected chi connectivity index (χ3v) is 8.62. The lowest BCUT2D eigenvalue weighted by molar-refractivity contribution is -0.217. The summed E-state index contributed by atoms with van der Waals surface area (Å²) in [4.78, 5) is 0.278. The highest BCUT2D eigenvalue weighted by Crippen LogP contribution is 2.51. The molecule has 2 aromatic rings. The summed E-state index contributed by atoms with van der Waals surface area (Å²) < 4.78 is 41.6. The number of benzene rings is 2. The van der Waals surface area contributed by atoms with E-state index in [1.54, 1.807) is 16.4 Å². The standard InChI is InChI=1S/C23H28N2O4S/c1-16-9-11-17(12-10-16)30(26,27)25-20-8-3-2-6-18(20)21(24)22(25)19-7-4-5-13-23(19)28-14-15-29-23/h2-3,6,8-12,19,21-22H,4-5,7,13-15,24H2,1H3/t19-,21-,22+/m1/s1. The van der Waals surface area contributed by atoms with Gasteiger partial charge in [0.25, 0.3) is 10.0 Å².